The van der Waals surface area contributed by atoms with Crippen molar-refractivity contribution in [3.05, 3.63) is 0 Å². The van der Waals surface area contributed by atoms with Crippen LogP contribution in [-0.4, -0.2) is 18.1 Å². The number of nitrogens with two attached hydrogens (primary N) is 1. The molecule has 0 saturated carbocycles. The van der Waals surface area contributed by atoms with Crippen LogP contribution in [0.2, 0.25) is 0 Å². The van der Waals surface area contributed by atoms with E-state index in [1.54, 1.807) is 0 Å². The van der Waals surface area contributed by atoms with Gasteiger partial charge >= 0.3 is 0 Å². The molecule has 0 unspecified atom stereocenters. The zero-order chi connectivity index (χ0) is 14.3. The average Bonchev–Trinajstić information content (AvgIpc) is 2.36. The third-order valence-corrected chi connectivity index (χ3v) is 3.78. The molecule has 0 aliphatic heterocycles. The summed E-state index contributed by atoms with van der Waals surface area (Å²) in [5.74, 6) is 6.80. The van der Waals surface area contributed by atoms with Crippen LogP contribution >= 0.6 is 0 Å². The fourth-order valence-corrected chi connectivity index (χ4v) is 2.44. The van der Waals surface area contributed by atoms with Gasteiger partial charge in [0, 0.05) is 13.1 Å². The Morgan fingerprint density at radius 2 is 1.21 bits per heavy atom. The monoisotopic (exact) mass is 270 g/mol. The maximum Gasteiger partial charge on any atom is 0.0128 e. The van der Waals surface area contributed by atoms with Crippen molar-refractivity contribution in [1.29, 1.82) is 0 Å². The lowest BCUT2D eigenvalue weighted by atomic mass is 10.1. The minimum Gasteiger partial charge on any atom is -0.269 e. The van der Waals surface area contributed by atoms with E-state index in [4.69, 9.17) is 5.84 Å². The molecule has 0 amide bonds. The third kappa shape index (κ3) is 15.9. The largest absolute Gasteiger partial charge is 0.269 e. The Balaban J connectivity index is 3.12. The Bertz CT molecular complexity index is 169. The average molecular weight is 271 g/mol. The second kappa shape index (κ2) is 14.3. The van der Waals surface area contributed by atoms with Crippen LogP contribution < -0.4 is 5.84 Å². The summed E-state index contributed by atoms with van der Waals surface area (Å²) in [5, 5.41) is 2.02. The number of unbranched alkanes of at least 4 members (excludes halogenated alkanes) is 8. The molecule has 0 aromatic heterocycles. The highest BCUT2D eigenvalue weighted by molar-refractivity contribution is 4.53. The smallest absolute Gasteiger partial charge is 0.0128 e. The van der Waals surface area contributed by atoms with E-state index in [1.807, 2.05) is 5.01 Å². The number of hydrogen-bond donors (Lipinski definition) is 1. The van der Waals surface area contributed by atoms with Gasteiger partial charge in [-0.3, -0.25) is 5.84 Å². The van der Waals surface area contributed by atoms with Crippen molar-refractivity contribution in [1.82, 2.24) is 5.01 Å². The molecule has 0 aliphatic rings. The van der Waals surface area contributed by atoms with Crippen molar-refractivity contribution in [2.45, 2.75) is 91.4 Å². The minimum atomic E-state index is 0.807. The first kappa shape index (κ1) is 18.9. The van der Waals surface area contributed by atoms with Crippen molar-refractivity contribution < 1.29 is 0 Å². The summed E-state index contributed by atoms with van der Waals surface area (Å²) >= 11 is 0. The number of rotatable bonds is 14. The highest BCUT2D eigenvalue weighted by Crippen LogP contribution is 2.10. The van der Waals surface area contributed by atoms with Crippen LogP contribution in [0.3, 0.4) is 0 Å². The van der Waals surface area contributed by atoms with Crippen LogP contribution in [-0.2, 0) is 0 Å². The molecule has 19 heavy (non-hydrogen) atoms. The van der Waals surface area contributed by atoms with Gasteiger partial charge in [0.1, 0.15) is 0 Å². The summed E-state index contributed by atoms with van der Waals surface area (Å²) in [6, 6.07) is 0. The highest BCUT2D eigenvalue weighted by atomic mass is 15.4. The predicted molar refractivity (Wildman–Crippen MR) is 87.1 cm³/mol. The van der Waals surface area contributed by atoms with Gasteiger partial charge < -0.3 is 0 Å². The van der Waals surface area contributed by atoms with Crippen LogP contribution in [0.4, 0.5) is 0 Å². The van der Waals surface area contributed by atoms with Gasteiger partial charge in [0.25, 0.3) is 0 Å². The summed E-state index contributed by atoms with van der Waals surface area (Å²) in [7, 11) is 0. The molecule has 116 valence electrons. The standard InChI is InChI=1S/C17H38N2/c1-4-5-6-7-8-9-10-11-12-15-19(18)16-13-14-17(2)3/h17H,4-16,18H2,1-3H3. The van der Waals surface area contributed by atoms with Crippen molar-refractivity contribution in [3.63, 3.8) is 0 Å². The number of nitrogens with zero attached hydrogens (tertiary/aromatic N) is 1. The molecule has 0 spiro atoms. The summed E-state index contributed by atoms with van der Waals surface area (Å²) in [6.07, 6.45) is 15.0. The molecule has 0 heterocycles. The van der Waals surface area contributed by atoms with Crippen LogP contribution in [0.5, 0.6) is 0 Å². The van der Waals surface area contributed by atoms with Gasteiger partial charge in [-0.25, -0.2) is 5.01 Å². The molecule has 0 aromatic carbocycles. The van der Waals surface area contributed by atoms with Gasteiger partial charge in [0.15, 0.2) is 0 Å². The van der Waals surface area contributed by atoms with E-state index in [1.165, 1.54) is 70.6 Å². The molecule has 0 radical (unpaired) electrons. The Labute approximate surface area is 122 Å². The van der Waals surface area contributed by atoms with Gasteiger partial charge in [-0.2, -0.15) is 0 Å². The van der Waals surface area contributed by atoms with E-state index in [2.05, 4.69) is 20.8 Å². The molecule has 2 heteroatoms. The Morgan fingerprint density at radius 1 is 0.737 bits per heavy atom. The van der Waals surface area contributed by atoms with Crippen molar-refractivity contribution in [2.24, 2.45) is 11.8 Å². The highest BCUT2D eigenvalue weighted by Gasteiger charge is 2.00. The molecule has 0 bridgehead atoms. The molecule has 2 nitrogen and oxygen atoms in total. The zero-order valence-corrected chi connectivity index (χ0v) is 13.8. The van der Waals surface area contributed by atoms with E-state index in [0.29, 0.717) is 0 Å². The molecular weight excluding hydrogens is 232 g/mol. The van der Waals surface area contributed by atoms with Crippen LogP contribution in [0.1, 0.15) is 91.4 Å². The second-order valence-electron chi connectivity index (χ2n) is 6.40. The van der Waals surface area contributed by atoms with Crippen LogP contribution in [0, 0.1) is 5.92 Å². The lowest BCUT2D eigenvalue weighted by Crippen LogP contribution is -2.33. The molecule has 0 saturated heterocycles. The van der Waals surface area contributed by atoms with E-state index < -0.39 is 0 Å². The Hall–Kier alpha value is -0.0800. The van der Waals surface area contributed by atoms with Crippen molar-refractivity contribution in [3.8, 4) is 0 Å². The quantitative estimate of drug-likeness (QED) is 0.269. The molecule has 0 atom stereocenters. The topological polar surface area (TPSA) is 29.3 Å². The molecule has 0 fully saturated rings. The van der Waals surface area contributed by atoms with E-state index in [-0.39, 0.29) is 0 Å². The normalized spacial score (nSPS) is 11.7. The van der Waals surface area contributed by atoms with Crippen molar-refractivity contribution in [2.75, 3.05) is 13.1 Å². The van der Waals surface area contributed by atoms with Crippen LogP contribution in [0.25, 0.3) is 0 Å². The first-order valence-electron chi connectivity index (χ1n) is 8.66. The molecule has 0 aliphatic carbocycles. The summed E-state index contributed by atoms with van der Waals surface area (Å²) in [6.45, 7) is 8.98. The molecular formula is C17H38N2. The van der Waals surface area contributed by atoms with Crippen LogP contribution in [0.15, 0.2) is 0 Å². The lowest BCUT2D eigenvalue weighted by molar-refractivity contribution is 0.264. The van der Waals surface area contributed by atoms with Crippen molar-refractivity contribution >= 4 is 0 Å². The van der Waals surface area contributed by atoms with Gasteiger partial charge in [-0.05, 0) is 25.2 Å². The fourth-order valence-electron chi connectivity index (χ4n) is 2.44. The predicted octanol–water partition coefficient (Wildman–Crippen LogP) is 5.13. The maximum atomic E-state index is 5.99. The van der Waals surface area contributed by atoms with E-state index >= 15 is 0 Å². The first-order valence-corrected chi connectivity index (χ1v) is 8.66. The van der Waals surface area contributed by atoms with Gasteiger partial charge in [-0.15, -0.1) is 0 Å². The Morgan fingerprint density at radius 3 is 1.74 bits per heavy atom. The molecule has 0 aromatic rings. The van der Waals surface area contributed by atoms with Gasteiger partial charge in [0.05, 0.1) is 0 Å². The second-order valence-corrected chi connectivity index (χ2v) is 6.40. The maximum absolute atomic E-state index is 5.99. The Kier molecular flexibility index (Phi) is 14.3. The summed E-state index contributed by atoms with van der Waals surface area (Å²) in [4.78, 5) is 0. The minimum absolute atomic E-state index is 0.807. The zero-order valence-electron chi connectivity index (χ0n) is 13.8. The molecule has 0 rings (SSSR count). The number of hydrazine groups is 1. The lowest BCUT2D eigenvalue weighted by Gasteiger charge is -2.16. The third-order valence-electron chi connectivity index (χ3n) is 3.78. The summed E-state index contributed by atoms with van der Waals surface area (Å²) in [5.41, 5.74) is 0. The summed E-state index contributed by atoms with van der Waals surface area (Å²) < 4.78 is 0. The first-order chi connectivity index (χ1) is 9.16. The SMILES string of the molecule is CCCCCCCCCCCN(N)CCCC(C)C. The van der Waals surface area contributed by atoms with E-state index in [9.17, 15) is 0 Å². The fraction of sp³-hybridized carbons (Fsp3) is 1.00. The molecule has 2 N–H and O–H groups in total. The number of hydrogen-bond acceptors (Lipinski definition) is 2. The van der Waals surface area contributed by atoms with Gasteiger partial charge in [-0.1, -0.05) is 72.1 Å². The van der Waals surface area contributed by atoms with Gasteiger partial charge in [0.2, 0.25) is 0 Å². The van der Waals surface area contributed by atoms with E-state index in [0.717, 1.165) is 19.0 Å².